The summed E-state index contributed by atoms with van der Waals surface area (Å²) in [5.41, 5.74) is 7.14. The van der Waals surface area contributed by atoms with Crippen LogP contribution in [0.5, 0.6) is 0 Å². The molecule has 0 atom stereocenters. The van der Waals surface area contributed by atoms with Crippen LogP contribution in [0.4, 0.5) is 16.2 Å². The number of urea groups is 1. The molecule has 5 nitrogen and oxygen atoms in total. The van der Waals surface area contributed by atoms with Crippen LogP contribution in [0.2, 0.25) is 0 Å². The Morgan fingerprint density at radius 1 is 0.743 bits per heavy atom. The standard InChI is InChI=1S/C26H27N3O.C4H9N/c30-26(27-24-11-8-21(9-12-24)20-6-2-1-3-7-20)29-17-14-22-18-25(13-10-23(22)19-29)28-15-4-5-16-28;1-2-4-5-3-1/h1-3,6-13,18H,4-5,14-17,19H2,(H,27,30);5H,1-4H2. The van der Waals surface area contributed by atoms with Crippen molar-refractivity contribution in [2.75, 3.05) is 42.9 Å². The van der Waals surface area contributed by atoms with Gasteiger partial charge in [-0.15, -0.1) is 0 Å². The lowest BCUT2D eigenvalue weighted by molar-refractivity contribution is 0.206. The molecular weight excluding hydrogens is 432 g/mol. The number of anilines is 2. The summed E-state index contributed by atoms with van der Waals surface area (Å²) in [5, 5.41) is 6.28. The van der Waals surface area contributed by atoms with Gasteiger partial charge in [0.1, 0.15) is 0 Å². The van der Waals surface area contributed by atoms with Gasteiger partial charge in [0.25, 0.3) is 0 Å². The van der Waals surface area contributed by atoms with Crippen LogP contribution in [0, 0.1) is 0 Å². The SMILES string of the molecule is C1CCNC1.O=C(Nc1ccc(-c2ccccc2)cc1)N1CCc2cc(N3CCCC3)ccc2C1. The van der Waals surface area contributed by atoms with Crippen molar-refractivity contribution in [2.45, 2.75) is 38.6 Å². The van der Waals surface area contributed by atoms with Crippen LogP contribution in [-0.4, -0.2) is 43.7 Å². The Morgan fingerprint density at radius 2 is 1.46 bits per heavy atom. The lowest BCUT2D eigenvalue weighted by Crippen LogP contribution is -2.39. The fraction of sp³-hybridized carbons (Fsp3) is 0.367. The summed E-state index contributed by atoms with van der Waals surface area (Å²) in [7, 11) is 0. The second kappa shape index (κ2) is 11.4. The van der Waals surface area contributed by atoms with Gasteiger partial charge in [-0.25, -0.2) is 4.79 Å². The fourth-order valence-corrected chi connectivity index (χ4v) is 5.09. The Bertz CT molecular complexity index is 1100. The van der Waals surface area contributed by atoms with Crippen LogP contribution in [-0.2, 0) is 13.0 Å². The van der Waals surface area contributed by atoms with Gasteiger partial charge in [0.2, 0.25) is 0 Å². The second-order valence-electron chi connectivity index (χ2n) is 9.65. The minimum Gasteiger partial charge on any atom is -0.372 e. The Morgan fingerprint density at radius 3 is 2.14 bits per heavy atom. The number of fused-ring (bicyclic) bond motifs is 1. The fourth-order valence-electron chi connectivity index (χ4n) is 5.09. The molecule has 0 aromatic heterocycles. The van der Waals surface area contributed by atoms with Crippen LogP contribution in [0.1, 0.15) is 36.8 Å². The van der Waals surface area contributed by atoms with E-state index in [2.05, 4.69) is 58.0 Å². The molecule has 0 radical (unpaired) electrons. The van der Waals surface area contributed by atoms with E-state index in [-0.39, 0.29) is 6.03 Å². The summed E-state index contributed by atoms with van der Waals surface area (Å²) >= 11 is 0. The molecule has 2 saturated heterocycles. The lowest BCUT2D eigenvalue weighted by Gasteiger charge is -2.30. The van der Waals surface area contributed by atoms with Crippen molar-refractivity contribution in [3.05, 3.63) is 83.9 Å². The normalized spacial score (nSPS) is 16.9. The van der Waals surface area contributed by atoms with Gasteiger partial charge < -0.3 is 20.4 Å². The molecule has 0 spiro atoms. The molecule has 3 aromatic carbocycles. The maximum absolute atomic E-state index is 12.8. The first kappa shape index (κ1) is 23.4. The van der Waals surface area contributed by atoms with E-state index >= 15 is 0 Å². The monoisotopic (exact) mass is 468 g/mol. The van der Waals surface area contributed by atoms with Crippen LogP contribution in [0.25, 0.3) is 11.1 Å². The molecule has 0 unspecified atom stereocenters. The molecule has 2 fully saturated rings. The molecule has 5 heteroatoms. The minimum atomic E-state index is -0.0308. The van der Waals surface area contributed by atoms with Crippen molar-refractivity contribution in [3.63, 3.8) is 0 Å². The van der Waals surface area contributed by atoms with Gasteiger partial charge in [-0.1, -0.05) is 48.5 Å². The van der Waals surface area contributed by atoms with Crippen LogP contribution in [0.15, 0.2) is 72.8 Å². The Hall–Kier alpha value is -3.31. The molecule has 0 bridgehead atoms. The van der Waals surface area contributed by atoms with Gasteiger partial charge in [-0.05, 0) is 91.7 Å². The molecule has 3 aliphatic rings. The van der Waals surface area contributed by atoms with Crippen molar-refractivity contribution >= 4 is 17.4 Å². The van der Waals surface area contributed by atoms with E-state index in [1.807, 2.05) is 35.2 Å². The number of nitrogens with zero attached hydrogens (tertiary/aromatic N) is 2. The summed E-state index contributed by atoms with van der Waals surface area (Å²) in [5.74, 6) is 0. The predicted octanol–water partition coefficient (Wildman–Crippen LogP) is 5.91. The summed E-state index contributed by atoms with van der Waals surface area (Å²) < 4.78 is 0. The smallest absolute Gasteiger partial charge is 0.322 e. The third kappa shape index (κ3) is 6.04. The largest absolute Gasteiger partial charge is 0.372 e. The molecule has 3 heterocycles. The van der Waals surface area contributed by atoms with E-state index in [0.29, 0.717) is 6.54 Å². The van der Waals surface area contributed by atoms with Gasteiger partial charge in [0.15, 0.2) is 0 Å². The molecule has 2 amide bonds. The molecule has 3 aliphatic heterocycles. The molecular formula is C30H36N4O. The molecule has 0 aliphatic carbocycles. The first-order chi connectivity index (χ1) is 17.3. The number of amides is 2. The predicted molar refractivity (Wildman–Crippen MR) is 145 cm³/mol. The van der Waals surface area contributed by atoms with E-state index < -0.39 is 0 Å². The van der Waals surface area contributed by atoms with E-state index in [1.165, 1.54) is 61.2 Å². The number of nitrogens with one attached hydrogen (secondary N) is 2. The van der Waals surface area contributed by atoms with Crippen molar-refractivity contribution in [1.29, 1.82) is 0 Å². The number of hydrogen-bond donors (Lipinski definition) is 2. The van der Waals surface area contributed by atoms with Gasteiger partial charge in [0, 0.05) is 37.6 Å². The lowest BCUT2D eigenvalue weighted by atomic mass is 9.99. The van der Waals surface area contributed by atoms with E-state index in [1.54, 1.807) is 0 Å². The average Bonchev–Trinajstić information content (AvgIpc) is 3.67. The van der Waals surface area contributed by atoms with Gasteiger partial charge in [0.05, 0.1) is 0 Å². The minimum absolute atomic E-state index is 0.0308. The summed E-state index contributed by atoms with van der Waals surface area (Å²) in [6.07, 6.45) is 6.27. The number of carbonyl (C=O) groups excluding carboxylic acids is 1. The molecule has 6 rings (SSSR count). The van der Waals surface area contributed by atoms with Gasteiger partial charge in [-0.2, -0.15) is 0 Å². The van der Waals surface area contributed by atoms with Crippen LogP contribution in [0.3, 0.4) is 0 Å². The zero-order valence-electron chi connectivity index (χ0n) is 20.5. The van der Waals surface area contributed by atoms with Crippen LogP contribution >= 0.6 is 0 Å². The number of rotatable bonds is 3. The molecule has 182 valence electrons. The summed E-state index contributed by atoms with van der Waals surface area (Å²) in [4.78, 5) is 17.2. The summed E-state index contributed by atoms with van der Waals surface area (Å²) in [6, 6.07) is 25.0. The summed E-state index contributed by atoms with van der Waals surface area (Å²) in [6.45, 7) is 6.25. The first-order valence-corrected chi connectivity index (χ1v) is 13.1. The van der Waals surface area contributed by atoms with E-state index in [0.717, 1.165) is 37.3 Å². The number of carbonyl (C=O) groups is 1. The first-order valence-electron chi connectivity index (χ1n) is 13.1. The zero-order valence-corrected chi connectivity index (χ0v) is 20.5. The Labute approximate surface area is 209 Å². The molecule has 0 saturated carbocycles. The topological polar surface area (TPSA) is 47.6 Å². The number of hydrogen-bond acceptors (Lipinski definition) is 3. The second-order valence-corrected chi connectivity index (χ2v) is 9.65. The zero-order chi connectivity index (χ0) is 23.9. The third-order valence-corrected chi connectivity index (χ3v) is 7.16. The average molecular weight is 469 g/mol. The highest BCUT2D eigenvalue weighted by Gasteiger charge is 2.22. The number of benzene rings is 3. The highest BCUT2D eigenvalue weighted by molar-refractivity contribution is 5.89. The Kier molecular flexibility index (Phi) is 7.64. The van der Waals surface area contributed by atoms with Gasteiger partial charge in [-0.3, -0.25) is 0 Å². The highest BCUT2D eigenvalue weighted by atomic mass is 16.2. The Balaban J connectivity index is 0.000000453. The third-order valence-electron chi connectivity index (χ3n) is 7.16. The van der Waals surface area contributed by atoms with Crippen molar-refractivity contribution in [1.82, 2.24) is 10.2 Å². The van der Waals surface area contributed by atoms with E-state index in [9.17, 15) is 4.79 Å². The van der Waals surface area contributed by atoms with Gasteiger partial charge >= 0.3 is 6.03 Å². The quantitative estimate of drug-likeness (QED) is 0.502. The molecule has 2 N–H and O–H groups in total. The van der Waals surface area contributed by atoms with Crippen molar-refractivity contribution in [2.24, 2.45) is 0 Å². The molecule has 35 heavy (non-hydrogen) atoms. The molecule has 3 aromatic rings. The highest BCUT2D eigenvalue weighted by Crippen LogP contribution is 2.27. The van der Waals surface area contributed by atoms with Crippen molar-refractivity contribution < 1.29 is 4.79 Å². The maximum atomic E-state index is 12.8. The van der Waals surface area contributed by atoms with Crippen LogP contribution < -0.4 is 15.5 Å². The van der Waals surface area contributed by atoms with Crippen molar-refractivity contribution in [3.8, 4) is 11.1 Å². The van der Waals surface area contributed by atoms with E-state index in [4.69, 9.17) is 0 Å². The maximum Gasteiger partial charge on any atom is 0.322 e.